The average molecular weight is 202 g/mol. The van der Waals surface area contributed by atoms with Crippen LogP contribution in [0.15, 0.2) is 18.3 Å². The van der Waals surface area contributed by atoms with Crippen LogP contribution in [0.25, 0.3) is 0 Å². The van der Waals surface area contributed by atoms with Gasteiger partial charge in [-0.2, -0.15) is 0 Å². The van der Waals surface area contributed by atoms with Gasteiger partial charge in [-0.05, 0) is 19.1 Å². The predicted molar refractivity (Wildman–Crippen MR) is 50.5 cm³/mol. The molecule has 1 rings (SSSR count). The zero-order chi connectivity index (χ0) is 9.68. The van der Waals surface area contributed by atoms with Gasteiger partial charge in [-0.25, -0.2) is 0 Å². The molecule has 1 heterocycles. The standard InChI is InChI=1S/C9H12ClNO2/c1-7(12-2)13-6-9-8(10)4-3-5-11-9/h3-5,7H,6H2,1-2H3. The van der Waals surface area contributed by atoms with Crippen molar-refractivity contribution in [3.05, 3.63) is 29.0 Å². The van der Waals surface area contributed by atoms with E-state index in [-0.39, 0.29) is 6.29 Å². The van der Waals surface area contributed by atoms with Crippen LogP contribution in [-0.2, 0) is 16.1 Å². The first-order valence-corrected chi connectivity index (χ1v) is 4.35. The molecule has 72 valence electrons. The van der Waals surface area contributed by atoms with Crippen molar-refractivity contribution in [3.8, 4) is 0 Å². The number of methoxy groups -OCH3 is 1. The quantitative estimate of drug-likeness (QED) is 0.701. The Kier molecular flexibility index (Phi) is 4.15. The Morgan fingerprint density at radius 2 is 2.38 bits per heavy atom. The summed E-state index contributed by atoms with van der Waals surface area (Å²) in [5, 5.41) is 0.616. The molecular weight excluding hydrogens is 190 g/mol. The molecule has 3 nitrogen and oxygen atoms in total. The van der Waals surface area contributed by atoms with Crippen molar-refractivity contribution in [1.29, 1.82) is 0 Å². The highest BCUT2D eigenvalue weighted by Crippen LogP contribution is 2.13. The van der Waals surface area contributed by atoms with Crippen molar-refractivity contribution in [2.24, 2.45) is 0 Å². The number of hydrogen-bond donors (Lipinski definition) is 0. The second-order valence-corrected chi connectivity index (χ2v) is 2.95. The average Bonchev–Trinajstić information content (AvgIpc) is 2.16. The highest BCUT2D eigenvalue weighted by atomic mass is 35.5. The molecule has 13 heavy (non-hydrogen) atoms. The maximum absolute atomic E-state index is 5.87. The molecule has 1 unspecified atom stereocenters. The molecule has 0 saturated carbocycles. The van der Waals surface area contributed by atoms with Crippen LogP contribution >= 0.6 is 11.6 Å². The van der Waals surface area contributed by atoms with Crippen molar-refractivity contribution < 1.29 is 9.47 Å². The number of ether oxygens (including phenoxy) is 2. The molecule has 0 saturated heterocycles. The van der Waals surface area contributed by atoms with Gasteiger partial charge in [0, 0.05) is 13.3 Å². The third-order valence-electron chi connectivity index (χ3n) is 1.62. The van der Waals surface area contributed by atoms with Crippen LogP contribution < -0.4 is 0 Å². The summed E-state index contributed by atoms with van der Waals surface area (Å²) in [7, 11) is 1.59. The Hall–Kier alpha value is -0.640. The first kappa shape index (κ1) is 10.4. The van der Waals surface area contributed by atoms with Crippen LogP contribution in [0.1, 0.15) is 12.6 Å². The van der Waals surface area contributed by atoms with Gasteiger partial charge in [-0.15, -0.1) is 0 Å². The minimum atomic E-state index is -0.238. The number of nitrogens with zero attached hydrogens (tertiary/aromatic N) is 1. The summed E-state index contributed by atoms with van der Waals surface area (Å²) < 4.78 is 10.2. The Bertz CT molecular complexity index is 268. The van der Waals surface area contributed by atoms with Gasteiger partial charge < -0.3 is 9.47 Å². The smallest absolute Gasteiger partial charge is 0.154 e. The van der Waals surface area contributed by atoms with Crippen LogP contribution in [0, 0.1) is 0 Å². The fraction of sp³-hybridized carbons (Fsp3) is 0.444. The molecule has 0 N–H and O–H groups in total. The number of hydrogen-bond acceptors (Lipinski definition) is 3. The maximum Gasteiger partial charge on any atom is 0.154 e. The lowest BCUT2D eigenvalue weighted by atomic mass is 10.4. The molecule has 0 aliphatic carbocycles. The summed E-state index contributed by atoms with van der Waals surface area (Å²) in [5.41, 5.74) is 0.730. The topological polar surface area (TPSA) is 31.4 Å². The van der Waals surface area contributed by atoms with Gasteiger partial charge in [0.15, 0.2) is 6.29 Å². The van der Waals surface area contributed by atoms with Crippen molar-refractivity contribution in [2.45, 2.75) is 19.8 Å². The van der Waals surface area contributed by atoms with Crippen LogP contribution in [-0.4, -0.2) is 18.4 Å². The van der Waals surface area contributed by atoms with Crippen molar-refractivity contribution >= 4 is 11.6 Å². The summed E-state index contributed by atoms with van der Waals surface area (Å²) in [6.45, 7) is 2.19. The second-order valence-electron chi connectivity index (χ2n) is 2.55. The fourth-order valence-electron chi connectivity index (χ4n) is 0.789. The van der Waals surface area contributed by atoms with E-state index in [0.717, 1.165) is 5.69 Å². The van der Waals surface area contributed by atoms with E-state index in [1.165, 1.54) is 0 Å². The van der Waals surface area contributed by atoms with E-state index in [4.69, 9.17) is 21.1 Å². The van der Waals surface area contributed by atoms with Crippen molar-refractivity contribution in [3.63, 3.8) is 0 Å². The van der Waals surface area contributed by atoms with Crippen LogP contribution in [0.4, 0.5) is 0 Å². The lowest BCUT2D eigenvalue weighted by Gasteiger charge is -2.10. The third-order valence-corrected chi connectivity index (χ3v) is 1.97. The molecule has 4 heteroatoms. The highest BCUT2D eigenvalue weighted by molar-refractivity contribution is 6.31. The normalized spacial score (nSPS) is 12.8. The molecule has 1 atom stereocenters. The second kappa shape index (κ2) is 5.17. The van der Waals surface area contributed by atoms with Crippen LogP contribution in [0.3, 0.4) is 0 Å². The maximum atomic E-state index is 5.87. The molecule has 1 aromatic heterocycles. The van der Waals surface area contributed by atoms with Gasteiger partial charge in [0.05, 0.1) is 17.3 Å². The fourth-order valence-corrected chi connectivity index (χ4v) is 0.965. The van der Waals surface area contributed by atoms with Crippen molar-refractivity contribution in [2.75, 3.05) is 7.11 Å². The van der Waals surface area contributed by atoms with Gasteiger partial charge in [-0.3, -0.25) is 4.98 Å². The van der Waals surface area contributed by atoms with E-state index in [1.54, 1.807) is 25.4 Å². The van der Waals surface area contributed by atoms with E-state index in [9.17, 15) is 0 Å². The number of rotatable bonds is 4. The Labute approximate surface area is 82.6 Å². The molecular formula is C9H12ClNO2. The lowest BCUT2D eigenvalue weighted by Crippen LogP contribution is -2.10. The van der Waals surface area contributed by atoms with Crippen LogP contribution in [0.2, 0.25) is 5.02 Å². The molecule has 0 aliphatic rings. The molecule has 0 aliphatic heterocycles. The van der Waals surface area contributed by atoms with Gasteiger partial charge in [0.1, 0.15) is 0 Å². The van der Waals surface area contributed by atoms with Gasteiger partial charge >= 0.3 is 0 Å². The summed E-state index contributed by atoms with van der Waals surface area (Å²) >= 11 is 5.87. The number of pyridine rings is 1. The largest absolute Gasteiger partial charge is 0.356 e. The van der Waals surface area contributed by atoms with Gasteiger partial charge in [0.2, 0.25) is 0 Å². The Morgan fingerprint density at radius 3 is 3.00 bits per heavy atom. The zero-order valence-corrected chi connectivity index (χ0v) is 8.41. The molecule has 0 radical (unpaired) electrons. The number of halogens is 1. The summed E-state index contributed by atoms with van der Waals surface area (Å²) in [4.78, 5) is 4.07. The first-order valence-electron chi connectivity index (χ1n) is 3.98. The minimum absolute atomic E-state index is 0.238. The molecule has 0 aromatic carbocycles. The number of aromatic nitrogens is 1. The van der Waals surface area contributed by atoms with Crippen molar-refractivity contribution in [1.82, 2.24) is 4.98 Å². The minimum Gasteiger partial charge on any atom is -0.356 e. The van der Waals surface area contributed by atoms with E-state index < -0.39 is 0 Å². The van der Waals surface area contributed by atoms with Crippen LogP contribution in [0.5, 0.6) is 0 Å². The van der Waals surface area contributed by atoms with E-state index in [1.807, 2.05) is 6.92 Å². The molecule has 0 bridgehead atoms. The zero-order valence-electron chi connectivity index (χ0n) is 7.66. The Morgan fingerprint density at radius 1 is 1.62 bits per heavy atom. The SMILES string of the molecule is COC(C)OCc1ncccc1Cl. The summed E-state index contributed by atoms with van der Waals surface area (Å²) in [5.74, 6) is 0. The predicted octanol–water partition coefficient (Wildman–Crippen LogP) is 2.24. The first-order chi connectivity index (χ1) is 6.24. The van der Waals surface area contributed by atoms with E-state index in [0.29, 0.717) is 11.6 Å². The van der Waals surface area contributed by atoms with E-state index in [2.05, 4.69) is 4.98 Å². The molecule has 0 fully saturated rings. The van der Waals surface area contributed by atoms with Gasteiger partial charge in [-0.1, -0.05) is 11.6 Å². The highest BCUT2D eigenvalue weighted by Gasteiger charge is 2.03. The Balaban J connectivity index is 2.50. The third kappa shape index (κ3) is 3.30. The van der Waals surface area contributed by atoms with Gasteiger partial charge in [0.25, 0.3) is 0 Å². The molecule has 1 aromatic rings. The molecule has 0 spiro atoms. The molecule has 0 amide bonds. The van der Waals surface area contributed by atoms with E-state index >= 15 is 0 Å². The lowest BCUT2D eigenvalue weighted by molar-refractivity contribution is -0.119. The summed E-state index contributed by atoms with van der Waals surface area (Å²) in [6, 6.07) is 3.57. The monoisotopic (exact) mass is 201 g/mol. The summed E-state index contributed by atoms with van der Waals surface area (Å²) in [6.07, 6.45) is 1.44.